The van der Waals surface area contributed by atoms with Crippen molar-refractivity contribution in [2.75, 3.05) is 13.7 Å². The Labute approximate surface area is 71.9 Å². The number of ether oxygens (including phenoxy) is 2. The van der Waals surface area contributed by atoms with Crippen molar-refractivity contribution in [1.82, 2.24) is 0 Å². The molecule has 4 atom stereocenters. The summed E-state index contributed by atoms with van der Waals surface area (Å²) in [5.41, 5.74) is -1.93. The van der Waals surface area contributed by atoms with Crippen LogP contribution in [0.1, 0.15) is 6.42 Å². The first-order chi connectivity index (χ1) is 5.59. The smallest absolute Gasteiger partial charge is 0.127 e. The Morgan fingerprint density at radius 2 is 2.42 bits per heavy atom. The fourth-order valence-electron chi connectivity index (χ4n) is 2.05. The van der Waals surface area contributed by atoms with Crippen molar-refractivity contribution >= 4 is 7.85 Å². The number of rotatable bonds is 2. The zero-order valence-electron chi connectivity index (χ0n) is 6.86. The lowest BCUT2D eigenvalue weighted by atomic mass is 9.91. The van der Waals surface area contributed by atoms with Crippen LogP contribution in [-0.4, -0.2) is 55.1 Å². The zero-order chi connectivity index (χ0) is 8.98. The van der Waals surface area contributed by atoms with Crippen LogP contribution < -0.4 is 0 Å². The van der Waals surface area contributed by atoms with Crippen molar-refractivity contribution in [2.45, 2.75) is 29.7 Å². The van der Waals surface area contributed by atoms with Gasteiger partial charge >= 0.3 is 0 Å². The van der Waals surface area contributed by atoms with Crippen LogP contribution >= 0.6 is 0 Å². The van der Waals surface area contributed by atoms with Crippen molar-refractivity contribution in [3.8, 4) is 0 Å². The van der Waals surface area contributed by atoms with E-state index >= 15 is 0 Å². The second kappa shape index (κ2) is 2.23. The molecule has 2 radical (unpaired) electrons. The minimum absolute atomic E-state index is 0.211. The van der Waals surface area contributed by atoms with Crippen molar-refractivity contribution < 1.29 is 19.7 Å². The summed E-state index contributed by atoms with van der Waals surface area (Å²) in [4.78, 5) is 0. The average Bonchev–Trinajstić information content (AvgIpc) is 2.52. The highest BCUT2D eigenvalue weighted by molar-refractivity contribution is 6.12. The van der Waals surface area contributed by atoms with Gasteiger partial charge in [0, 0.05) is 19.5 Å². The van der Waals surface area contributed by atoms with E-state index in [4.69, 9.17) is 22.4 Å². The molecule has 0 unspecified atom stereocenters. The molecule has 0 aromatic carbocycles. The quantitative estimate of drug-likeness (QED) is 0.489. The van der Waals surface area contributed by atoms with Crippen LogP contribution in [0.3, 0.4) is 0 Å². The molecule has 1 saturated carbocycles. The number of methoxy groups -OCH3 is 1. The maximum absolute atomic E-state index is 9.86. The van der Waals surface area contributed by atoms with Gasteiger partial charge in [0.15, 0.2) is 0 Å². The topological polar surface area (TPSA) is 58.9 Å². The summed E-state index contributed by atoms with van der Waals surface area (Å²) in [5, 5.41) is 18.8. The maximum atomic E-state index is 9.86. The van der Waals surface area contributed by atoms with Gasteiger partial charge in [-0.1, -0.05) is 0 Å². The van der Waals surface area contributed by atoms with Gasteiger partial charge in [-0.15, -0.1) is 0 Å². The molecule has 2 N–H and O–H groups in total. The first-order valence-electron chi connectivity index (χ1n) is 3.89. The zero-order valence-corrected chi connectivity index (χ0v) is 6.86. The fourth-order valence-corrected chi connectivity index (χ4v) is 2.05. The molecule has 1 saturated heterocycles. The molecule has 2 aliphatic rings. The summed E-state index contributed by atoms with van der Waals surface area (Å²) >= 11 is 0. The summed E-state index contributed by atoms with van der Waals surface area (Å²) in [6, 6.07) is -0.638. The van der Waals surface area contributed by atoms with E-state index < -0.39 is 23.3 Å². The Balaban J connectivity index is 2.21. The number of hydrogen-bond acceptors (Lipinski definition) is 4. The minimum atomic E-state index is -1.07. The molecule has 66 valence electrons. The third kappa shape index (κ3) is 0.725. The van der Waals surface area contributed by atoms with E-state index in [0.29, 0.717) is 6.42 Å². The summed E-state index contributed by atoms with van der Waals surface area (Å²) in [7, 11) is 7.01. The third-order valence-electron chi connectivity index (χ3n) is 2.86. The lowest BCUT2D eigenvalue weighted by Gasteiger charge is -2.19. The van der Waals surface area contributed by atoms with Crippen LogP contribution in [0.4, 0.5) is 0 Å². The van der Waals surface area contributed by atoms with Gasteiger partial charge < -0.3 is 19.7 Å². The molecule has 0 aromatic heterocycles. The molecule has 0 amide bonds. The normalized spacial score (nSPS) is 56.9. The van der Waals surface area contributed by atoms with E-state index in [1.807, 2.05) is 0 Å². The predicted octanol–water partition coefficient (Wildman–Crippen LogP) is -1.61. The monoisotopic (exact) mass is 170 g/mol. The highest BCUT2D eigenvalue weighted by Gasteiger charge is 2.78. The summed E-state index contributed by atoms with van der Waals surface area (Å²) < 4.78 is 10.2. The molecule has 1 aliphatic heterocycles. The second-order valence-corrected chi connectivity index (χ2v) is 3.49. The Morgan fingerprint density at radius 1 is 1.75 bits per heavy atom. The van der Waals surface area contributed by atoms with E-state index in [-0.39, 0.29) is 6.61 Å². The number of fused-ring (bicyclic) bond motifs is 1. The molecule has 0 spiro atoms. The molecule has 0 bridgehead atoms. The first kappa shape index (κ1) is 8.50. The highest BCUT2D eigenvalue weighted by atomic mass is 16.6. The lowest BCUT2D eigenvalue weighted by molar-refractivity contribution is -0.0290. The number of hydrogen-bond donors (Lipinski definition) is 2. The number of aliphatic hydroxyl groups excluding tert-OH is 1. The van der Waals surface area contributed by atoms with Gasteiger partial charge in [-0.3, -0.25) is 0 Å². The summed E-state index contributed by atoms with van der Waals surface area (Å²) in [6.45, 7) is -0.211. The van der Waals surface area contributed by atoms with Gasteiger partial charge in [0.1, 0.15) is 25.2 Å². The Morgan fingerprint density at radius 3 is 2.75 bits per heavy atom. The molecule has 12 heavy (non-hydrogen) atoms. The van der Waals surface area contributed by atoms with E-state index in [9.17, 15) is 5.11 Å². The molecule has 1 heterocycles. The molecule has 5 heteroatoms. The molecule has 1 aliphatic carbocycles. The fraction of sp³-hybridized carbons (Fsp3) is 1.00. The maximum Gasteiger partial charge on any atom is 0.127 e. The van der Waals surface area contributed by atoms with E-state index in [0.717, 1.165) is 0 Å². The van der Waals surface area contributed by atoms with E-state index in [2.05, 4.69) is 0 Å². The van der Waals surface area contributed by atoms with Crippen LogP contribution in [0.15, 0.2) is 0 Å². The molecular formula is C7H11BO4. The van der Waals surface area contributed by atoms with Crippen molar-refractivity contribution in [2.24, 2.45) is 0 Å². The number of aliphatic hydroxyl groups is 2. The van der Waals surface area contributed by atoms with E-state index in [1.165, 1.54) is 7.11 Å². The molecule has 2 rings (SSSR count). The van der Waals surface area contributed by atoms with Gasteiger partial charge in [0.2, 0.25) is 0 Å². The van der Waals surface area contributed by atoms with E-state index in [1.54, 1.807) is 0 Å². The summed E-state index contributed by atoms with van der Waals surface area (Å²) in [5.74, 6) is 0. The standard InChI is InChI=1S/C7H11BO4/c1-11-4-5(8)12-6(3-9)2-7(4,6)10/h4-5,9-10H,2-3H2,1H3/t4-,5+,6+,7-/m0/s1. The Hall–Kier alpha value is -0.0951. The van der Waals surface area contributed by atoms with Crippen molar-refractivity contribution in [1.29, 1.82) is 0 Å². The molecule has 4 nitrogen and oxygen atoms in total. The van der Waals surface area contributed by atoms with Crippen LogP contribution in [0.25, 0.3) is 0 Å². The Bertz CT molecular complexity index is 212. The van der Waals surface area contributed by atoms with Gasteiger partial charge in [0.25, 0.3) is 0 Å². The highest BCUT2D eigenvalue weighted by Crippen LogP contribution is 2.59. The first-order valence-corrected chi connectivity index (χ1v) is 3.89. The molecule has 0 aromatic rings. The SMILES string of the molecule is [B][C@@H]1O[C@@]2(CO)C[C@]2(O)[C@H]1OC. The lowest BCUT2D eigenvalue weighted by Crippen LogP contribution is -2.37. The van der Waals surface area contributed by atoms with Crippen LogP contribution in [-0.2, 0) is 9.47 Å². The van der Waals surface area contributed by atoms with Gasteiger partial charge in [-0.05, 0) is 0 Å². The third-order valence-corrected chi connectivity index (χ3v) is 2.86. The van der Waals surface area contributed by atoms with Gasteiger partial charge in [0.05, 0.1) is 6.61 Å². The summed E-state index contributed by atoms with van der Waals surface area (Å²) in [6.07, 6.45) is -0.118. The minimum Gasteiger partial charge on any atom is -0.393 e. The predicted molar refractivity (Wildman–Crippen MR) is 40.8 cm³/mol. The van der Waals surface area contributed by atoms with Gasteiger partial charge in [-0.2, -0.15) is 0 Å². The van der Waals surface area contributed by atoms with Crippen molar-refractivity contribution in [3.63, 3.8) is 0 Å². The largest absolute Gasteiger partial charge is 0.393 e. The molecule has 2 fully saturated rings. The van der Waals surface area contributed by atoms with Crippen LogP contribution in [0.2, 0.25) is 0 Å². The van der Waals surface area contributed by atoms with Crippen LogP contribution in [0, 0.1) is 0 Å². The van der Waals surface area contributed by atoms with Gasteiger partial charge in [-0.25, -0.2) is 0 Å². The van der Waals surface area contributed by atoms with Crippen LogP contribution in [0.5, 0.6) is 0 Å². The second-order valence-electron chi connectivity index (χ2n) is 3.49. The molecular weight excluding hydrogens is 159 g/mol. The average molecular weight is 170 g/mol. The van der Waals surface area contributed by atoms with Crippen molar-refractivity contribution in [3.05, 3.63) is 0 Å². The Kier molecular flexibility index (Phi) is 1.58.